The van der Waals surface area contributed by atoms with Gasteiger partial charge in [0.05, 0.1) is 27.2 Å². The Bertz CT molecular complexity index is 3070. The summed E-state index contributed by atoms with van der Waals surface area (Å²) in [5.74, 6) is 0.171. The Hall–Kier alpha value is -6.48. The number of carbonyl (C=O) groups excluding carboxylic acids is 1. The fraction of sp³-hybridized carbons (Fsp3) is 0.397. The number of likely N-dealkylation sites (tertiary alicyclic amines) is 1. The summed E-state index contributed by atoms with van der Waals surface area (Å²) >= 11 is 1.65. The van der Waals surface area contributed by atoms with Crippen molar-refractivity contribution in [1.29, 1.82) is 0 Å². The van der Waals surface area contributed by atoms with E-state index in [-0.39, 0.29) is 40.1 Å². The average molecular weight is 1090 g/mol. The number of aliphatic hydroxyl groups excluding tert-OH is 1. The van der Waals surface area contributed by atoms with Gasteiger partial charge in [0.2, 0.25) is 0 Å². The van der Waals surface area contributed by atoms with Crippen LogP contribution in [-0.2, 0) is 17.1 Å². The Morgan fingerprint density at radius 1 is 0.779 bits per heavy atom. The highest BCUT2D eigenvalue weighted by Gasteiger charge is 2.29. The van der Waals surface area contributed by atoms with Gasteiger partial charge in [-0.15, -0.1) is 11.8 Å². The third-order valence-electron chi connectivity index (χ3n) is 15.2. The Morgan fingerprint density at radius 2 is 1.45 bits per heavy atom. The summed E-state index contributed by atoms with van der Waals surface area (Å²) in [4.78, 5) is 38.7. The van der Waals surface area contributed by atoms with E-state index in [0.29, 0.717) is 56.1 Å². The summed E-state index contributed by atoms with van der Waals surface area (Å²) in [5.41, 5.74) is 6.95. The molecule has 0 spiro atoms. The number of likely N-dealkylation sites (N-methyl/N-ethyl adjacent to an activating group) is 1. The number of nitro benzene ring substituents is 1. The number of aromatic nitrogens is 1. The SMILES string of the molecule is Cc1c(C(=O)NCCCN2CCN(C)CC2)c(-c2cccc(N3CCN(c4ccc(NS(=O)(=O)c5ccc(N[C@H](CCN6CCC(O)CC6)CSc6ccccc6)c([N+](=O)[O-])c5)cc4)CC3)c2)c(-c2ccc(F)cc2)n1C. The molecule has 1 atom stereocenters. The molecule has 77 heavy (non-hydrogen) atoms. The zero-order chi connectivity index (χ0) is 54.1. The van der Waals surface area contributed by atoms with Gasteiger partial charge in [0.1, 0.15) is 11.5 Å². The van der Waals surface area contributed by atoms with Crippen molar-refractivity contribution >= 4 is 56.1 Å². The summed E-state index contributed by atoms with van der Waals surface area (Å²) < 4.78 is 46.5. The van der Waals surface area contributed by atoms with E-state index in [4.69, 9.17) is 0 Å². The summed E-state index contributed by atoms with van der Waals surface area (Å²) in [5, 5.41) is 29.1. The zero-order valence-corrected chi connectivity index (χ0v) is 45.9. The lowest BCUT2D eigenvalue weighted by Gasteiger charge is -2.37. The van der Waals surface area contributed by atoms with Gasteiger partial charge in [0, 0.05) is 137 Å². The molecule has 5 aromatic carbocycles. The number of amides is 1. The smallest absolute Gasteiger partial charge is 0.293 e. The maximum atomic E-state index is 14.2. The predicted octanol–water partition coefficient (Wildman–Crippen LogP) is 8.63. The quantitative estimate of drug-likeness (QED) is 0.0234. The number of benzene rings is 5. The van der Waals surface area contributed by atoms with Gasteiger partial charge < -0.3 is 44.8 Å². The first kappa shape index (κ1) is 55.3. The number of nitro groups is 1. The highest BCUT2D eigenvalue weighted by Crippen LogP contribution is 2.40. The molecule has 0 saturated carbocycles. The molecule has 3 saturated heterocycles. The molecule has 1 aromatic heterocycles. The van der Waals surface area contributed by atoms with Crippen LogP contribution in [0.3, 0.4) is 0 Å². The molecule has 0 radical (unpaired) electrons. The summed E-state index contributed by atoms with van der Waals surface area (Å²) in [7, 11) is -0.109. The van der Waals surface area contributed by atoms with Crippen LogP contribution in [0.1, 0.15) is 41.7 Å². The van der Waals surface area contributed by atoms with E-state index >= 15 is 0 Å². The van der Waals surface area contributed by atoms with E-state index in [1.165, 1.54) is 24.3 Å². The minimum absolute atomic E-state index is 0.134. The predicted molar refractivity (Wildman–Crippen MR) is 308 cm³/mol. The van der Waals surface area contributed by atoms with E-state index in [1.807, 2.05) is 73.1 Å². The fourth-order valence-electron chi connectivity index (χ4n) is 10.6. The van der Waals surface area contributed by atoms with E-state index in [9.17, 15) is 32.8 Å². The topological polar surface area (TPSA) is 172 Å². The van der Waals surface area contributed by atoms with Crippen molar-refractivity contribution in [1.82, 2.24) is 24.6 Å². The van der Waals surface area contributed by atoms with Crippen molar-refractivity contribution in [3.8, 4) is 22.4 Å². The lowest BCUT2D eigenvalue weighted by atomic mass is 9.95. The number of anilines is 4. The molecule has 0 unspecified atom stereocenters. The van der Waals surface area contributed by atoms with Gasteiger partial charge in [-0.25, -0.2) is 12.8 Å². The van der Waals surface area contributed by atoms with Gasteiger partial charge >= 0.3 is 0 Å². The number of sulfonamides is 1. The third-order valence-corrected chi connectivity index (χ3v) is 17.8. The Labute approximate surface area is 456 Å². The van der Waals surface area contributed by atoms with Crippen LogP contribution >= 0.6 is 11.8 Å². The highest BCUT2D eigenvalue weighted by molar-refractivity contribution is 7.99. The fourth-order valence-corrected chi connectivity index (χ4v) is 12.6. The molecule has 0 bridgehead atoms. The number of nitrogens with zero attached hydrogens (tertiary/aromatic N) is 7. The molecular weight excluding hydrogens is 1020 g/mol. The molecule has 19 heteroatoms. The molecule has 4 heterocycles. The van der Waals surface area contributed by atoms with Crippen LogP contribution < -0.4 is 25.2 Å². The number of halogens is 1. The monoisotopic (exact) mass is 1090 g/mol. The molecule has 4 N–H and O–H groups in total. The first-order chi connectivity index (χ1) is 37.2. The van der Waals surface area contributed by atoms with Crippen LogP contribution in [0.5, 0.6) is 0 Å². The van der Waals surface area contributed by atoms with Gasteiger partial charge in [0.15, 0.2) is 0 Å². The van der Waals surface area contributed by atoms with Crippen LogP contribution in [0.2, 0.25) is 0 Å². The van der Waals surface area contributed by atoms with Gasteiger partial charge in [0.25, 0.3) is 21.6 Å². The normalized spacial score (nSPS) is 16.6. The first-order valence-electron chi connectivity index (χ1n) is 26.7. The Balaban J connectivity index is 0.842. The highest BCUT2D eigenvalue weighted by atomic mass is 32.2. The lowest BCUT2D eigenvalue weighted by Crippen LogP contribution is -2.46. The minimum atomic E-state index is -4.20. The van der Waals surface area contributed by atoms with Crippen molar-refractivity contribution in [3.05, 3.63) is 149 Å². The van der Waals surface area contributed by atoms with Gasteiger partial charge in [-0.2, -0.15) is 0 Å². The van der Waals surface area contributed by atoms with Crippen molar-refractivity contribution in [2.24, 2.45) is 7.05 Å². The van der Waals surface area contributed by atoms with Crippen molar-refractivity contribution in [2.75, 3.05) is 118 Å². The third kappa shape index (κ3) is 14.0. The van der Waals surface area contributed by atoms with Crippen LogP contribution in [0.25, 0.3) is 22.4 Å². The molecule has 408 valence electrons. The van der Waals surface area contributed by atoms with Crippen molar-refractivity contribution in [3.63, 3.8) is 0 Å². The number of piperidine rings is 1. The molecular formula is C58H71FN10O6S2. The van der Waals surface area contributed by atoms with Crippen molar-refractivity contribution < 1.29 is 27.6 Å². The molecule has 3 aliphatic heterocycles. The Kier molecular flexibility index (Phi) is 18.2. The molecule has 3 aliphatic rings. The number of hydrogen-bond donors (Lipinski definition) is 4. The van der Waals surface area contributed by atoms with E-state index in [2.05, 4.69) is 59.0 Å². The lowest BCUT2D eigenvalue weighted by molar-refractivity contribution is -0.384. The van der Waals surface area contributed by atoms with Crippen LogP contribution in [0, 0.1) is 22.9 Å². The van der Waals surface area contributed by atoms with E-state index in [0.717, 1.165) is 122 Å². The van der Waals surface area contributed by atoms with Crippen molar-refractivity contribution in [2.45, 2.75) is 54.5 Å². The maximum absolute atomic E-state index is 14.2. The number of piperazine rings is 2. The maximum Gasteiger partial charge on any atom is 0.293 e. The summed E-state index contributed by atoms with van der Waals surface area (Å²) in [6.07, 6.45) is 2.70. The largest absolute Gasteiger partial charge is 0.393 e. The zero-order valence-electron chi connectivity index (χ0n) is 44.2. The molecule has 3 fully saturated rings. The molecule has 16 nitrogen and oxygen atoms in total. The molecule has 9 rings (SSSR count). The van der Waals surface area contributed by atoms with E-state index < -0.39 is 14.9 Å². The van der Waals surface area contributed by atoms with E-state index in [1.54, 1.807) is 36.0 Å². The summed E-state index contributed by atoms with van der Waals surface area (Å²) in [6.45, 7) is 12.7. The standard InChI is InChI=1S/C58H71FN10O6S2/c1-42-55(58(71)60-26-8-27-65-33-31-63(2)32-34-65)56(57(64(42)3)43-13-15-45(59)16-14-43)44-9-7-10-49(39-44)68-37-35-67(36-38-68)48-19-17-46(18-20-48)62-77(74,75)52-21-22-53(54(40-52)69(72)73)61-47(41-76-51-11-5-4-6-12-51)23-28-66-29-24-50(70)25-30-66/h4-7,9-22,39-40,47,50,61-62,70H,8,23-38,41H2,1-3H3,(H,60,71)/t47-/m1/s1. The first-order valence-corrected chi connectivity index (χ1v) is 29.2. The van der Waals surface area contributed by atoms with Crippen LogP contribution in [0.4, 0.5) is 32.8 Å². The van der Waals surface area contributed by atoms with Crippen LogP contribution in [-0.4, -0.2) is 154 Å². The minimum Gasteiger partial charge on any atom is -0.393 e. The number of aliphatic hydroxyl groups is 1. The summed E-state index contributed by atoms with van der Waals surface area (Å²) in [6, 6.07) is 35.6. The molecule has 6 aromatic rings. The molecule has 1 amide bonds. The average Bonchev–Trinajstić information content (AvgIpc) is 3.71. The second kappa shape index (κ2) is 25.3. The molecule has 0 aliphatic carbocycles. The number of nitrogens with one attached hydrogen (secondary N) is 3. The number of carbonyl (C=O) groups is 1. The second-order valence-electron chi connectivity index (χ2n) is 20.4. The van der Waals surface area contributed by atoms with Gasteiger partial charge in [-0.3, -0.25) is 19.6 Å². The Morgan fingerprint density at radius 3 is 2.14 bits per heavy atom. The van der Waals surface area contributed by atoms with Gasteiger partial charge in [-0.05, 0) is 142 Å². The number of hydrogen-bond acceptors (Lipinski definition) is 13. The number of rotatable bonds is 21. The second-order valence-corrected chi connectivity index (χ2v) is 23.2. The van der Waals surface area contributed by atoms with Gasteiger partial charge in [-0.1, -0.05) is 30.3 Å². The number of thioether (sulfide) groups is 1. The van der Waals surface area contributed by atoms with Crippen LogP contribution in [0.15, 0.2) is 131 Å².